The highest BCUT2D eigenvalue weighted by molar-refractivity contribution is 6.32. The van der Waals surface area contributed by atoms with E-state index in [1.165, 1.54) is 12.8 Å². The summed E-state index contributed by atoms with van der Waals surface area (Å²) in [6.07, 6.45) is 2.69. The highest BCUT2D eigenvalue weighted by atomic mass is 35.5. The highest BCUT2D eigenvalue weighted by Crippen LogP contribution is 2.31. The van der Waals surface area contributed by atoms with Crippen molar-refractivity contribution < 1.29 is 4.74 Å². The average molecular weight is 226 g/mol. The van der Waals surface area contributed by atoms with Crippen LogP contribution in [0, 0.1) is 0 Å². The van der Waals surface area contributed by atoms with E-state index in [9.17, 15) is 0 Å². The molecular formula is C12H16ClNO. The van der Waals surface area contributed by atoms with Crippen LogP contribution in [-0.2, 0) is 0 Å². The van der Waals surface area contributed by atoms with Gasteiger partial charge in [0.1, 0.15) is 5.75 Å². The molecule has 2 rings (SSSR count). The van der Waals surface area contributed by atoms with Crippen LogP contribution in [0.1, 0.15) is 26.7 Å². The van der Waals surface area contributed by atoms with E-state index in [1.54, 1.807) is 0 Å². The first kappa shape index (κ1) is 10.6. The topological polar surface area (TPSA) is 21.3 Å². The van der Waals surface area contributed by atoms with Crippen molar-refractivity contribution in [2.75, 3.05) is 5.32 Å². The average Bonchev–Trinajstić information content (AvgIpc) is 2.93. The smallest absolute Gasteiger partial charge is 0.138 e. The molecule has 1 saturated carbocycles. The normalized spacial score (nSPS) is 15.5. The minimum Gasteiger partial charge on any atom is -0.489 e. The van der Waals surface area contributed by atoms with Gasteiger partial charge < -0.3 is 10.1 Å². The SMILES string of the molecule is CC(C)Oc1ccc(NC2CC2)cc1Cl. The standard InChI is InChI=1S/C12H16ClNO/c1-8(2)15-12-6-5-10(7-11(12)13)14-9-3-4-9/h5-9,14H,3-4H2,1-2H3. The van der Waals surface area contributed by atoms with E-state index < -0.39 is 0 Å². The van der Waals surface area contributed by atoms with E-state index in [0.29, 0.717) is 11.1 Å². The van der Waals surface area contributed by atoms with Crippen molar-refractivity contribution in [3.63, 3.8) is 0 Å². The Balaban J connectivity index is 2.07. The molecule has 0 aromatic heterocycles. The van der Waals surface area contributed by atoms with Gasteiger partial charge in [-0.25, -0.2) is 0 Å². The molecule has 1 aliphatic carbocycles. The number of halogens is 1. The summed E-state index contributed by atoms with van der Waals surface area (Å²) in [7, 11) is 0. The molecule has 0 spiro atoms. The summed E-state index contributed by atoms with van der Waals surface area (Å²) in [6, 6.07) is 6.52. The summed E-state index contributed by atoms with van der Waals surface area (Å²) in [5.41, 5.74) is 1.08. The molecule has 1 aliphatic rings. The summed E-state index contributed by atoms with van der Waals surface area (Å²) < 4.78 is 5.56. The van der Waals surface area contributed by atoms with Crippen molar-refractivity contribution in [3.8, 4) is 5.75 Å². The highest BCUT2D eigenvalue weighted by Gasteiger charge is 2.20. The van der Waals surface area contributed by atoms with E-state index in [-0.39, 0.29) is 6.10 Å². The first-order valence-electron chi connectivity index (χ1n) is 5.38. The lowest BCUT2D eigenvalue weighted by Crippen LogP contribution is -2.06. The van der Waals surface area contributed by atoms with Crippen LogP contribution in [0.25, 0.3) is 0 Å². The van der Waals surface area contributed by atoms with Crippen molar-refractivity contribution in [2.45, 2.75) is 38.8 Å². The van der Waals surface area contributed by atoms with Gasteiger partial charge in [-0.2, -0.15) is 0 Å². The van der Waals surface area contributed by atoms with Crippen LogP contribution in [0.2, 0.25) is 5.02 Å². The molecule has 0 saturated heterocycles. The van der Waals surface area contributed by atoms with E-state index in [2.05, 4.69) is 5.32 Å². The molecule has 1 aromatic rings. The Bertz CT molecular complexity index is 347. The molecule has 15 heavy (non-hydrogen) atoms. The lowest BCUT2D eigenvalue weighted by atomic mass is 10.3. The Kier molecular flexibility index (Phi) is 3.06. The van der Waals surface area contributed by atoms with E-state index in [1.807, 2.05) is 32.0 Å². The molecule has 82 valence electrons. The van der Waals surface area contributed by atoms with Gasteiger partial charge >= 0.3 is 0 Å². The molecule has 1 aromatic carbocycles. The second-order valence-corrected chi connectivity index (χ2v) is 4.64. The summed E-state index contributed by atoms with van der Waals surface area (Å²) in [5, 5.41) is 4.07. The fourth-order valence-electron chi connectivity index (χ4n) is 1.40. The largest absolute Gasteiger partial charge is 0.489 e. The van der Waals surface area contributed by atoms with E-state index in [4.69, 9.17) is 16.3 Å². The molecule has 0 heterocycles. The minimum atomic E-state index is 0.157. The van der Waals surface area contributed by atoms with Gasteiger partial charge in [-0.3, -0.25) is 0 Å². The first-order chi connectivity index (χ1) is 7.15. The minimum absolute atomic E-state index is 0.157. The Morgan fingerprint density at radius 1 is 1.40 bits per heavy atom. The quantitative estimate of drug-likeness (QED) is 0.844. The second kappa shape index (κ2) is 4.31. The third-order valence-electron chi connectivity index (χ3n) is 2.24. The van der Waals surface area contributed by atoms with Crippen molar-refractivity contribution in [1.29, 1.82) is 0 Å². The maximum atomic E-state index is 6.11. The lowest BCUT2D eigenvalue weighted by Gasteiger charge is -2.12. The van der Waals surface area contributed by atoms with Crippen molar-refractivity contribution in [2.24, 2.45) is 0 Å². The zero-order chi connectivity index (χ0) is 10.8. The van der Waals surface area contributed by atoms with Crippen LogP contribution in [0.15, 0.2) is 18.2 Å². The third-order valence-corrected chi connectivity index (χ3v) is 2.54. The van der Waals surface area contributed by atoms with Crippen molar-refractivity contribution >= 4 is 17.3 Å². The van der Waals surface area contributed by atoms with E-state index in [0.717, 1.165) is 11.4 Å². The Hall–Kier alpha value is -0.890. The monoisotopic (exact) mass is 225 g/mol. The fraction of sp³-hybridized carbons (Fsp3) is 0.500. The molecule has 0 bridgehead atoms. The number of anilines is 1. The fourth-order valence-corrected chi connectivity index (χ4v) is 1.63. The van der Waals surface area contributed by atoms with Gasteiger partial charge in [0, 0.05) is 11.7 Å². The summed E-state index contributed by atoms with van der Waals surface area (Å²) in [5.74, 6) is 0.757. The van der Waals surface area contributed by atoms with Crippen LogP contribution < -0.4 is 10.1 Å². The third kappa shape index (κ3) is 3.03. The van der Waals surface area contributed by atoms with Gasteiger partial charge in [-0.15, -0.1) is 0 Å². The molecule has 2 nitrogen and oxygen atoms in total. The van der Waals surface area contributed by atoms with Gasteiger partial charge in [0.05, 0.1) is 11.1 Å². The van der Waals surface area contributed by atoms with E-state index >= 15 is 0 Å². The van der Waals surface area contributed by atoms with Gasteiger partial charge in [-0.1, -0.05) is 11.6 Å². The number of nitrogens with one attached hydrogen (secondary N) is 1. The molecule has 0 aliphatic heterocycles. The second-order valence-electron chi connectivity index (χ2n) is 4.23. The van der Waals surface area contributed by atoms with Gasteiger partial charge in [-0.05, 0) is 44.9 Å². The molecule has 0 unspecified atom stereocenters. The molecule has 0 radical (unpaired) electrons. The number of benzene rings is 1. The summed E-state index contributed by atoms with van der Waals surface area (Å²) in [6.45, 7) is 3.99. The number of rotatable bonds is 4. The maximum absolute atomic E-state index is 6.11. The Labute approximate surface area is 95.6 Å². The first-order valence-corrected chi connectivity index (χ1v) is 5.75. The number of ether oxygens (including phenoxy) is 1. The van der Waals surface area contributed by atoms with Gasteiger partial charge in [0.2, 0.25) is 0 Å². The predicted molar refractivity (Wildman–Crippen MR) is 63.9 cm³/mol. The van der Waals surface area contributed by atoms with Crippen LogP contribution in [0.3, 0.4) is 0 Å². The van der Waals surface area contributed by atoms with Crippen LogP contribution in [0.4, 0.5) is 5.69 Å². The van der Waals surface area contributed by atoms with Crippen LogP contribution in [0.5, 0.6) is 5.75 Å². The lowest BCUT2D eigenvalue weighted by molar-refractivity contribution is 0.242. The van der Waals surface area contributed by atoms with Crippen LogP contribution >= 0.6 is 11.6 Å². The summed E-state index contributed by atoms with van der Waals surface area (Å²) >= 11 is 6.11. The zero-order valence-electron chi connectivity index (χ0n) is 9.09. The molecule has 1 N–H and O–H groups in total. The summed E-state index contributed by atoms with van der Waals surface area (Å²) in [4.78, 5) is 0. The molecule has 0 amide bonds. The number of hydrogen-bond donors (Lipinski definition) is 1. The van der Waals surface area contributed by atoms with Gasteiger partial charge in [0.25, 0.3) is 0 Å². The molecule has 3 heteroatoms. The maximum Gasteiger partial charge on any atom is 0.138 e. The van der Waals surface area contributed by atoms with Crippen LogP contribution in [-0.4, -0.2) is 12.1 Å². The molecule has 1 fully saturated rings. The Morgan fingerprint density at radius 3 is 2.67 bits per heavy atom. The van der Waals surface area contributed by atoms with Gasteiger partial charge in [0.15, 0.2) is 0 Å². The molecule has 0 atom stereocenters. The Morgan fingerprint density at radius 2 is 2.13 bits per heavy atom. The number of hydrogen-bond acceptors (Lipinski definition) is 2. The predicted octanol–water partition coefficient (Wildman–Crippen LogP) is 3.70. The van der Waals surface area contributed by atoms with Crippen molar-refractivity contribution in [1.82, 2.24) is 0 Å². The zero-order valence-corrected chi connectivity index (χ0v) is 9.84. The van der Waals surface area contributed by atoms with Crippen molar-refractivity contribution in [3.05, 3.63) is 23.2 Å². The molecular weight excluding hydrogens is 210 g/mol.